The highest BCUT2D eigenvalue weighted by Gasteiger charge is 2.25. The fourth-order valence-electron chi connectivity index (χ4n) is 4.16. The average Bonchev–Trinajstić information content (AvgIpc) is 3.41. The van der Waals surface area contributed by atoms with E-state index in [1.165, 1.54) is 25.7 Å². The lowest BCUT2D eigenvalue weighted by molar-refractivity contribution is 0.0169. The SMILES string of the molecule is CCNC(=NCCCc1nnc2ccccn12)NCCC(OCC)C1CCCC1. The van der Waals surface area contributed by atoms with E-state index in [1.54, 1.807) is 0 Å². The second-order valence-corrected chi connectivity index (χ2v) is 7.66. The molecule has 1 aliphatic rings. The number of rotatable bonds is 11. The number of aromatic nitrogens is 3. The van der Waals surface area contributed by atoms with Gasteiger partial charge in [-0.25, -0.2) is 0 Å². The van der Waals surface area contributed by atoms with Gasteiger partial charge in [0.05, 0.1) is 6.10 Å². The Hall–Kier alpha value is -2.15. The van der Waals surface area contributed by atoms with Crippen LogP contribution in [0.4, 0.5) is 0 Å². The van der Waals surface area contributed by atoms with Crippen LogP contribution in [-0.4, -0.2) is 52.9 Å². The van der Waals surface area contributed by atoms with Crippen molar-refractivity contribution in [3.63, 3.8) is 0 Å². The van der Waals surface area contributed by atoms with E-state index in [2.05, 4.69) is 34.7 Å². The molecule has 7 nitrogen and oxygen atoms in total. The number of pyridine rings is 1. The van der Waals surface area contributed by atoms with E-state index in [0.717, 1.165) is 68.9 Å². The van der Waals surface area contributed by atoms with E-state index in [0.29, 0.717) is 6.10 Å². The van der Waals surface area contributed by atoms with Gasteiger partial charge in [0, 0.05) is 38.9 Å². The summed E-state index contributed by atoms with van der Waals surface area (Å²) in [7, 11) is 0. The molecule has 0 saturated heterocycles. The molecule has 0 amide bonds. The fraction of sp³-hybridized carbons (Fsp3) is 0.682. The Kier molecular flexibility index (Phi) is 8.74. The number of hydrogen-bond donors (Lipinski definition) is 2. The van der Waals surface area contributed by atoms with Crippen LogP contribution in [0.1, 0.15) is 58.2 Å². The van der Waals surface area contributed by atoms with Crippen LogP contribution in [0.3, 0.4) is 0 Å². The maximum atomic E-state index is 6.03. The fourth-order valence-corrected chi connectivity index (χ4v) is 4.16. The van der Waals surface area contributed by atoms with Crippen molar-refractivity contribution < 1.29 is 4.74 Å². The molecule has 2 heterocycles. The van der Waals surface area contributed by atoms with Crippen molar-refractivity contribution in [3.8, 4) is 0 Å². The van der Waals surface area contributed by atoms with Gasteiger partial charge in [0.2, 0.25) is 0 Å². The van der Waals surface area contributed by atoms with Crippen molar-refractivity contribution in [2.45, 2.75) is 64.9 Å². The number of aliphatic imine (C=N–C) groups is 1. The van der Waals surface area contributed by atoms with Crippen LogP contribution in [0.2, 0.25) is 0 Å². The first-order valence-corrected chi connectivity index (χ1v) is 11.2. The van der Waals surface area contributed by atoms with Crippen molar-refractivity contribution in [3.05, 3.63) is 30.2 Å². The normalized spacial score (nSPS) is 16.4. The first-order valence-electron chi connectivity index (χ1n) is 11.2. The highest BCUT2D eigenvalue weighted by Crippen LogP contribution is 2.30. The number of fused-ring (bicyclic) bond motifs is 1. The molecule has 0 aliphatic heterocycles. The van der Waals surface area contributed by atoms with E-state index < -0.39 is 0 Å². The van der Waals surface area contributed by atoms with Crippen LogP contribution < -0.4 is 10.6 Å². The summed E-state index contributed by atoms with van der Waals surface area (Å²) in [4.78, 5) is 4.73. The molecule has 1 atom stereocenters. The first kappa shape index (κ1) is 21.6. The minimum absolute atomic E-state index is 0.374. The van der Waals surface area contributed by atoms with Crippen LogP contribution in [-0.2, 0) is 11.2 Å². The van der Waals surface area contributed by atoms with Gasteiger partial charge in [-0.05, 0) is 57.6 Å². The summed E-state index contributed by atoms with van der Waals surface area (Å²) >= 11 is 0. The van der Waals surface area contributed by atoms with Gasteiger partial charge in [0.15, 0.2) is 11.6 Å². The van der Waals surface area contributed by atoms with Crippen molar-refractivity contribution in [2.24, 2.45) is 10.9 Å². The Labute approximate surface area is 174 Å². The highest BCUT2D eigenvalue weighted by atomic mass is 16.5. The monoisotopic (exact) mass is 400 g/mol. The molecule has 0 bridgehead atoms. The Balaban J connectivity index is 1.43. The van der Waals surface area contributed by atoms with E-state index in [9.17, 15) is 0 Å². The number of nitrogens with one attached hydrogen (secondary N) is 2. The third-order valence-electron chi connectivity index (χ3n) is 5.58. The first-order chi connectivity index (χ1) is 14.3. The zero-order chi connectivity index (χ0) is 20.3. The van der Waals surface area contributed by atoms with Crippen LogP contribution in [0.15, 0.2) is 29.4 Å². The molecule has 1 aliphatic carbocycles. The zero-order valence-corrected chi connectivity index (χ0v) is 17.9. The van der Waals surface area contributed by atoms with Gasteiger partial charge in [-0.15, -0.1) is 10.2 Å². The van der Waals surface area contributed by atoms with Crippen molar-refractivity contribution in [1.29, 1.82) is 0 Å². The maximum Gasteiger partial charge on any atom is 0.191 e. The second kappa shape index (κ2) is 11.8. The van der Waals surface area contributed by atoms with E-state index in [-0.39, 0.29) is 0 Å². The molecule has 7 heteroatoms. The smallest absolute Gasteiger partial charge is 0.191 e. The molecule has 29 heavy (non-hydrogen) atoms. The average molecular weight is 401 g/mol. The Morgan fingerprint density at radius 2 is 2.10 bits per heavy atom. The molecule has 2 aromatic heterocycles. The molecule has 0 radical (unpaired) electrons. The Bertz CT molecular complexity index is 753. The molecular formula is C22H36N6O. The lowest BCUT2D eigenvalue weighted by Crippen LogP contribution is -2.39. The quantitative estimate of drug-likeness (QED) is 0.344. The van der Waals surface area contributed by atoms with Gasteiger partial charge in [0.1, 0.15) is 5.82 Å². The summed E-state index contributed by atoms with van der Waals surface area (Å²) in [5.74, 6) is 2.61. The summed E-state index contributed by atoms with van der Waals surface area (Å²) < 4.78 is 8.07. The molecule has 3 rings (SSSR count). The number of guanidine groups is 1. The summed E-state index contributed by atoms with van der Waals surface area (Å²) in [5, 5.41) is 15.3. The standard InChI is InChI=1S/C22H36N6O/c1-3-23-22(25-16-14-19(29-4-2)18-10-5-6-11-18)24-15-9-13-21-27-26-20-12-7-8-17-28(20)21/h7-8,12,17-19H,3-6,9-11,13-16H2,1-2H3,(H2,23,24,25). The summed E-state index contributed by atoms with van der Waals surface area (Å²) in [6, 6.07) is 5.96. The predicted octanol–water partition coefficient (Wildman–Crippen LogP) is 3.20. The summed E-state index contributed by atoms with van der Waals surface area (Å²) in [6.07, 6.45) is 10.6. The summed E-state index contributed by atoms with van der Waals surface area (Å²) in [5.41, 5.74) is 0.895. The maximum absolute atomic E-state index is 6.03. The van der Waals surface area contributed by atoms with Gasteiger partial charge in [-0.2, -0.15) is 0 Å². The van der Waals surface area contributed by atoms with Gasteiger partial charge < -0.3 is 15.4 Å². The summed E-state index contributed by atoms with van der Waals surface area (Å²) in [6.45, 7) is 7.50. The molecule has 1 fully saturated rings. The molecule has 2 aromatic rings. The lowest BCUT2D eigenvalue weighted by Gasteiger charge is -2.24. The second-order valence-electron chi connectivity index (χ2n) is 7.66. The molecular weight excluding hydrogens is 364 g/mol. The van der Waals surface area contributed by atoms with Crippen molar-refractivity contribution in [1.82, 2.24) is 25.2 Å². The molecule has 0 aromatic carbocycles. The lowest BCUT2D eigenvalue weighted by atomic mass is 9.98. The number of nitrogens with zero attached hydrogens (tertiary/aromatic N) is 4. The largest absolute Gasteiger partial charge is 0.378 e. The van der Waals surface area contributed by atoms with Gasteiger partial charge >= 0.3 is 0 Å². The topological polar surface area (TPSA) is 75.8 Å². The zero-order valence-electron chi connectivity index (χ0n) is 17.9. The number of aryl methyl sites for hydroxylation is 1. The number of ether oxygens (including phenoxy) is 1. The minimum atomic E-state index is 0.374. The van der Waals surface area contributed by atoms with Gasteiger partial charge in [-0.1, -0.05) is 18.9 Å². The van der Waals surface area contributed by atoms with Crippen LogP contribution in [0.25, 0.3) is 5.65 Å². The van der Waals surface area contributed by atoms with Gasteiger partial charge in [0.25, 0.3) is 0 Å². The van der Waals surface area contributed by atoms with Crippen molar-refractivity contribution in [2.75, 3.05) is 26.2 Å². The molecule has 2 N–H and O–H groups in total. The van der Waals surface area contributed by atoms with Crippen LogP contribution in [0.5, 0.6) is 0 Å². The van der Waals surface area contributed by atoms with E-state index in [1.807, 2.05) is 28.8 Å². The van der Waals surface area contributed by atoms with Crippen LogP contribution >= 0.6 is 0 Å². The van der Waals surface area contributed by atoms with E-state index in [4.69, 9.17) is 9.73 Å². The Morgan fingerprint density at radius 3 is 2.90 bits per heavy atom. The van der Waals surface area contributed by atoms with Crippen molar-refractivity contribution >= 4 is 11.6 Å². The molecule has 0 spiro atoms. The third kappa shape index (κ3) is 6.42. The minimum Gasteiger partial charge on any atom is -0.378 e. The molecule has 160 valence electrons. The third-order valence-corrected chi connectivity index (χ3v) is 5.58. The van der Waals surface area contributed by atoms with E-state index >= 15 is 0 Å². The highest BCUT2D eigenvalue weighted by molar-refractivity contribution is 5.79. The predicted molar refractivity (Wildman–Crippen MR) is 117 cm³/mol. The molecule has 1 unspecified atom stereocenters. The Morgan fingerprint density at radius 1 is 1.24 bits per heavy atom. The number of hydrogen-bond acceptors (Lipinski definition) is 4. The van der Waals surface area contributed by atoms with Crippen LogP contribution in [0, 0.1) is 5.92 Å². The van der Waals surface area contributed by atoms with Gasteiger partial charge in [-0.3, -0.25) is 9.39 Å². The molecule has 1 saturated carbocycles.